The van der Waals surface area contributed by atoms with Gasteiger partial charge in [-0.2, -0.15) is 0 Å². The average Bonchev–Trinajstić information content (AvgIpc) is 3.43. The Morgan fingerprint density at radius 1 is 1.00 bits per heavy atom. The summed E-state index contributed by atoms with van der Waals surface area (Å²) in [6.07, 6.45) is 0. The summed E-state index contributed by atoms with van der Waals surface area (Å²) in [6, 6.07) is 13.5. The molecule has 2 aliphatic rings. The molecule has 0 fully saturated rings. The van der Waals surface area contributed by atoms with Crippen molar-refractivity contribution in [3.63, 3.8) is 0 Å². The van der Waals surface area contributed by atoms with Crippen LogP contribution in [0.5, 0.6) is 11.5 Å². The number of rotatable bonds is 4. The Morgan fingerprint density at radius 3 is 2.54 bits per heavy atom. The molecule has 0 radical (unpaired) electrons. The molecular formula is C25H15FN2O7. The lowest BCUT2D eigenvalue weighted by Gasteiger charge is -2.25. The van der Waals surface area contributed by atoms with Gasteiger partial charge < -0.3 is 18.8 Å². The molecule has 1 amide bonds. The molecule has 6 rings (SSSR count). The van der Waals surface area contributed by atoms with Crippen LogP contribution < -0.4 is 14.9 Å². The highest BCUT2D eigenvalue weighted by Crippen LogP contribution is 2.40. The number of amides is 1. The summed E-state index contributed by atoms with van der Waals surface area (Å²) in [6.45, 7) is 0.186. The summed E-state index contributed by atoms with van der Waals surface area (Å²) >= 11 is 0. The highest BCUT2D eigenvalue weighted by molar-refractivity contribution is 5.99. The molecule has 0 unspecified atom stereocenters. The van der Waals surface area contributed by atoms with Crippen LogP contribution in [-0.4, -0.2) is 22.5 Å². The zero-order valence-corrected chi connectivity index (χ0v) is 17.9. The Morgan fingerprint density at radius 2 is 1.77 bits per heavy atom. The second-order valence-corrected chi connectivity index (χ2v) is 8.19. The largest absolute Gasteiger partial charge is 0.454 e. The van der Waals surface area contributed by atoms with Crippen molar-refractivity contribution in [1.29, 1.82) is 0 Å². The minimum atomic E-state index is -0.896. The molecule has 0 saturated carbocycles. The first-order chi connectivity index (χ1) is 16.9. The number of fused-ring (bicyclic) bond motifs is 3. The Kier molecular flexibility index (Phi) is 4.56. The van der Waals surface area contributed by atoms with Crippen LogP contribution in [0.2, 0.25) is 0 Å². The van der Waals surface area contributed by atoms with Gasteiger partial charge in [0.15, 0.2) is 16.9 Å². The zero-order chi connectivity index (χ0) is 24.3. The smallest absolute Gasteiger partial charge is 0.291 e. The first kappa shape index (κ1) is 20.8. The number of nitrogens with zero attached hydrogens (tertiary/aromatic N) is 2. The Hall–Kier alpha value is -4.73. The van der Waals surface area contributed by atoms with Gasteiger partial charge in [0.05, 0.1) is 21.9 Å². The highest BCUT2D eigenvalue weighted by Gasteiger charge is 2.43. The number of hydrogen-bond acceptors (Lipinski definition) is 7. The SMILES string of the molecule is O=C1c2oc3ccc(F)cc3c(=O)c2[C@H](c2ccc([N+](=O)[O-])cc2)N1Cc1ccc2c(c1)OCO2. The van der Waals surface area contributed by atoms with Crippen molar-refractivity contribution < 1.29 is 28.0 Å². The Labute approximate surface area is 196 Å². The minimum absolute atomic E-state index is 0.00777. The van der Waals surface area contributed by atoms with Crippen LogP contribution in [0, 0.1) is 15.9 Å². The van der Waals surface area contributed by atoms with E-state index in [0.717, 1.165) is 12.1 Å². The van der Waals surface area contributed by atoms with E-state index in [2.05, 4.69) is 0 Å². The number of nitro groups is 1. The lowest BCUT2D eigenvalue weighted by molar-refractivity contribution is -0.384. The maximum Gasteiger partial charge on any atom is 0.291 e. The predicted octanol–water partition coefficient (Wildman–Crippen LogP) is 4.31. The fourth-order valence-corrected chi connectivity index (χ4v) is 4.52. The summed E-state index contributed by atoms with van der Waals surface area (Å²) in [4.78, 5) is 39.0. The van der Waals surface area contributed by atoms with Crippen molar-refractivity contribution in [2.24, 2.45) is 0 Å². The van der Waals surface area contributed by atoms with Crippen LogP contribution in [0.4, 0.5) is 10.1 Å². The molecule has 9 nitrogen and oxygen atoms in total. The van der Waals surface area contributed by atoms with Gasteiger partial charge in [0.1, 0.15) is 11.4 Å². The monoisotopic (exact) mass is 474 g/mol. The summed E-state index contributed by atoms with van der Waals surface area (Å²) in [5, 5.41) is 11.1. The van der Waals surface area contributed by atoms with E-state index in [1.54, 1.807) is 18.2 Å². The zero-order valence-electron chi connectivity index (χ0n) is 17.9. The van der Waals surface area contributed by atoms with Crippen molar-refractivity contribution in [3.8, 4) is 11.5 Å². The van der Waals surface area contributed by atoms with Gasteiger partial charge in [0, 0.05) is 18.7 Å². The molecular weight excluding hydrogens is 459 g/mol. The number of hydrogen-bond donors (Lipinski definition) is 0. The van der Waals surface area contributed by atoms with Gasteiger partial charge in [-0.1, -0.05) is 6.07 Å². The van der Waals surface area contributed by atoms with E-state index < -0.39 is 28.1 Å². The number of carbonyl (C=O) groups excluding carboxylic acids is 1. The third kappa shape index (κ3) is 3.30. The van der Waals surface area contributed by atoms with E-state index in [1.807, 2.05) is 0 Å². The van der Waals surface area contributed by atoms with Crippen LogP contribution in [0.1, 0.15) is 33.3 Å². The van der Waals surface area contributed by atoms with Crippen molar-refractivity contribution in [2.45, 2.75) is 12.6 Å². The van der Waals surface area contributed by atoms with Gasteiger partial charge in [0.2, 0.25) is 12.6 Å². The molecule has 35 heavy (non-hydrogen) atoms. The van der Waals surface area contributed by atoms with E-state index >= 15 is 0 Å². The summed E-state index contributed by atoms with van der Waals surface area (Å²) in [7, 11) is 0. The van der Waals surface area contributed by atoms with E-state index in [1.165, 1.54) is 35.2 Å². The van der Waals surface area contributed by atoms with Gasteiger partial charge in [0.25, 0.3) is 11.6 Å². The second kappa shape index (κ2) is 7.66. The van der Waals surface area contributed by atoms with Crippen molar-refractivity contribution in [1.82, 2.24) is 4.90 Å². The van der Waals surface area contributed by atoms with Gasteiger partial charge >= 0.3 is 0 Å². The molecule has 0 bridgehead atoms. The van der Waals surface area contributed by atoms with Crippen LogP contribution in [0.25, 0.3) is 11.0 Å². The van der Waals surface area contributed by atoms with Gasteiger partial charge in [-0.3, -0.25) is 19.7 Å². The lowest BCUT2D eigenvalue weighted by atomic mass is 9.98. The number of carbonyl (C=O) groups is 1. The number of ether oxygens (including phenoxy) is 2. The summed E-state index contributed by atoms with van der Waals surface area (Å²) < 4.78 is 30.5. The molecule has 3 aromatic carbocycles. The molecule has 1 aromatic heterocycles. The third-order valence-corrected chi connectivity index (χ3v) is 6.14. The van der Waals surface area contributed by atoms with E-state index in [9.17, 15) is 24.1 Å². The van der Waals surface area contributed by atoms with Crippen molar-refractivity contribution >= 4 is 22.6 Å². The Bertz CT molecular complexity index is 1600. The van der Waals surface area contributed by atoms with Crippen LogP contribution in [0.3, 0.4) is 0 Å². The molecule has 0 saturated heterocycles. The number of benzene rings is 3. The molecule has 0 aliphatic carbocycles. The van der Waals surface area contributed by atoms with E-state index in [4.69, 9.17) is 13.9 Å². The second-order valence-electron chi connectivity index (χ2n) is 8.19. The molecule has 4 aromatic rings. The van der Waals surface area contributed by atoms with E-state index in [0.29, 0.717) is 22.6 Å². The molecule has 0 N–H and O–H groups in total. The maximum absolute atomic E-state index is 13.9. The normalized spacial score (nSPS) is 16.1. The molecule has 1 atom stereocenters. The first-order valence-electron chi connectivity index (χ1n) is 10.6. The van der Waals surface area contributed by atoms with Crippen LogP contribution >= 0.6 is 0 Å². The van der Waals surface area contributed by atoms with Crippen LogP contribution in [-0.2, 0) is 6.54 Å². The lowest BCUT2D eigenvalue weighted by Crippen LogP contribution is -2.29. The third-order valence-electron chi connectivity index (χ3n) is 6.14. The van der Waals surface area contributed by atoms with Gasteiger partial charge in [-0.15, -0.1) is 0 Å². The molecule has 10 heteroatoms. The van der Waals surface area contributed by atoms with E-state index in [-0.39, 0.29) is 41.3 Å². The van der Waals surface area contributed by atoms with Crippen molar-refractivity contribution in [2.75, 3.05) is 6.79 Å². The minimum Gasteiger partial charge on any atom is -0.454 e. The van der Waals surface area contributed by atoms with Gasteiger partial charge in [-0.05, 0) is 53.6 Å². The Balaban J connectivity index is 1.51. The summed E-state index contributed by atoms with van der Waals surface area (Å²) in [5.74, 6) is -0.156. The summed E-state index contributed by atoms with van der Waals surface area (Å²) in [5.41, 5.74) is 0.675. The number of nitro benzene ring substituents is 1. The van der Waals surface area contributed by atoms with Gasteiger partial charge in [-0.25, -0.2) is 4.39 Å². The first-order valence-corrected chi connectivity index (χ1v) is 10.6. The fraction of sp³-hybridized carbons (Fsp3) is 0.120. The fourth-order valence-electron chi connectivity index (χ4n) is 4.52. The van der Waals surface area contributed by atoms with Crippen molar-refractivity contribution in [3.05, 3.63) is 109 Å². The predicted molar refractivity (Wildman–Crippen MR) is 120 cm³/mol. The average molecular weight is 474 g/mol. The highest BCUT2D eigenvalue weighted by atomic mass is 19.1. The molecule has 174 valence electrons. The molecule has 0 spiro atoms. The quantitative estimate of drug-likeness (QED) is 0.320. The standard InChI is InChI=1S/C25H15FN2O7/c26-15-4-8-18-17(10-15)23(29)21-22(14-2-5-16(6-3-14)28(31)32)27(25(30)24(21)35-18)11-13-1-7-19-20(9-13)34-12-33-19/h1-10,22H,11-12H2/t22-/m0/s1. The maximum atomic E-state index is 13.9. The van der Waals surface area contributed by atoms with Crippen LogP contribution in [0.15, 0.2) is 69.9 Å². The number of halogens is 1. The molecule has 3 heterocycles. The number of non-ortho nitro benzene ring substituents is 1. The molecule has 2 aliphatic heterocycles. The topological polar surface area (TPSA) is 112 Å².